The Labute approximate surface area is 205 Å². The highest BCUT2D eigenvalue weighted by atomic mass is 35.5. The number of halogens is 2. The van der Waals surface area contributed by atoms with Crippen molar-refractivity contribution in [2.24, 2.45) is 0 Å². The van der Waals surface area contributed by atoms with E-state index in [1.807, 2.05) is 30.3 Å². The summed E-state index contributed by atoms with van der Waals surface area (Å²) < 4.78 is 0. The lowest BCUT2D eigenvalue weighted by molar-refractivity contribution is -0.132. The number of rotatable bonds is 3. The minimum Gasteiger partial charge on any atom is -0.508 e. The summed E-state index contributed by atoms with van der Waals surface area (Å²) in [6.45, 7) is 0. The van der Waals surface area contributed by atoms with E-state index in [1.165, 1.54) is 35.2 Å². The number of carbonyl (C=O) groups is 2. The van der Waals surface area contributed by atoms with E-state index >= 15 is 0 Å². The van der Waals surface area contributed by atoms with Crippen molar-refractivity contribution in [3.8, 4) is 5.75 Å². The largest absolute Gasteiger partial charge is 0.508 e. The number of Topliss-reactive ketones (excluding diaryl/α,β-unsaturated/α-hetero) is 1. The Kier molecular flexibility index (Phi) is 5.52. The van der Waals surface area contributed by atoms with Crippen molar-refractivity contribution in [2.75, 3.05) is 4.90 Å². The molecule has 1 saturated heterocycles. The van der Waals surface area contributed by atoms with Crippen molar-refractivity contribution in [3.05, 3.63) is 112 Å². The van der Waals surface area contributed by atoms with Gasteiger partial charge in [-0.05, 0) is 46.7 Å². The Balaban J connectivity index is 1.80. The molecule has 0 bridgehead atoms. The number of anilines is 1. The molecule has 4 aromatic carbocycles. The van der Waals surface area contributed by atoms with E-state index in [4.69, 9.17) is 23.2 Å². The van der Waals surface area contributed by atoms with Gasteiger partial charge >= 0.3 is 0 Å². The number of benzene rings is 4. The molecule has 4 aromatic rings. The number of phenols is 1. The second-order valence-electron chi connectivity index (χ2n) is 7.92. The van der Waals surface area contributed by atoms with Gasteiger partial charge in [-0.1, -0.05) is 77.8 Å². The number of nitrogens with zero attached hydrogens (tertiary/aromatic N) is 1. The number of aliphatic hydroxyl groups excluding tert-OH is 1. The Morgan fingerprint density at radius 3 is 2.24 bits per heavy atom. The van der Waals surface area contributed by atoms with Gasteiger partial charge in [0.25, 0.3) is 11.7 Å². The zero-order valence-electron chi connectivity index (χ0n) is 17.6. The molecule has 1 fully saturated rings. The minimum atomic E-state index is -1.01. The van der Waals surface area contributed by atoms with Crippen molar-refractivity contribution in [3.63, 3.8) is 0 Å². The average Bonchev–Trinajstić information content (AvgIpc) is 3.08. The predicted octanol–water partition coefficient (Wildman–Crippen LogP) is 6.48. The SMILES string of the molecule is O=C1C(=O)N(c2cc(Cl)cc(Cl)c2)C(c2cccc(O)c2)/C1=C(/O)c1cccc2ccccc12. The maximum Gasteiger partial charge on any atom is 0.300 e. The maximum absolute atomic E-state index is 13.3. The summed E-state index contributed by atoms with van der Waals surface area (Å²) in [4.78, 5) is 27.9. The Hall–Kier alpha value is -3.80. The van der Waals surface area contributed by atoms with Gasteiger partial charge in [-0.25, -0.2) is 0 Å². The Bertz CT molecular complexity index is 1490. The summed E-state index contributed by atoms with van der Waals surface area (Å²) in [5, 5.41) is 23.7. The third-order valence-electron chi connectivity index (χ3n) is 5.80. The summed E-state index contributed by atoms with van der Waals surface area (Å²) in [5.74, 6) is -2.04. The molecule has 0 spiro atoms. The highest BCUT2D eigenvalue weighted by Gasteiger charge is 2.47. The van der Waals surface area contributed by atoms with Gasteiger partial charge < -0.3 is 10.2 Å². The van der Waals surface area contributed by atoms with Gasteiger partial charge in [0.05, 0.1) is 11.6 Å². The zero-order chi connectivity index (χ0) is 24.0. The van der Waals surface area contributed by atoms with Crippen LogP contribution in [0, 0.1) is 0 Å². The van der Waals surface area contributed by atoms with E-state index in [9.17, 15) is 19.8 Å². The first kappa shape index (κ1) is 22.0. The van der Waals surface area contributed by atoms with Crippen LogP contribution in [0.1, 0.15) is 17.2 Å². The summed E-state index contributed by atoms with van der Waals surface area (Å²) >= 11 is 12.4. The molecule has 5 rings (SSSR count). The van der Waals surface area contributed by atoms with Crippen LogP contribution in [0.3, 0.4) is 0 Å². The van der Waals surface area contributed by atoms with Gasteiger partial charge in [-0.3, -0.25) is 14.5 Å². The predicted molar refractivity (Wildman–Crippen MR) is 133 cm³/mol. The zero-order valence-corrected chi connectivity index (χ0v) is 19.1. The van der Waals surface area contributed by atoms with Gasteiger partial charge in [0.1, 0.15) is 11.5 Å². The molecule has 0 radical (unpaired) electrons. The van der Waals surface area contributed by atoms with Crippen molar-refractivity contribution >= 4 is 57.1 Å². The Morgan fingerprint density at radius 1 is 0.824 bits per heavy atom. The molecule has 1 amide bonds. The van der Waals surface area contributed by atoms with E-state index < -0.39 is 17.7 Å². The van der Waals surface area contributed by atoms with E-state index in [0.717, 1.165) is 10.8 Å². The standard InChI is InChI=1S/C27H17Cl2NO4/c28-17-12-18(29)14-19(13-17)30-24(16-7-3-8-20(31)11-16)23(26(33)27(30)34)25(32)22-10-4-6-15-5-1-2-9-21(15)22/h1-14,24,31-32H/b25-23-. The lowest BCUT2D eigenvalue weighted by Crippen LogP contribution is -2.29. The third-order valence-corrected chi connectivity index (χ3v) is 6.24. The van der Waals surface area contributed by atoms with Gasteiger partial charge in [0.2, 0.25) is 0 Å². The number of hydrogen-bond acceptors (Lipinski definition) is 4. The highest BCUT2D eigenvalue weighted by Crippen LogP contribution is 2.44. The van der Waals surface area contributed by atoms with Gasteiger partial charge in [-0.2, -0.15) is 0 Å². The third kappa shape index (κ3) is 3.69. The summed E-state index contributed by atoms with van der Waals surface area (Å²) in [6, 6.07) is 22.6. The smallest absolute Gasteiger partial charge is 0.300 e. The van der Waals surface area contributed by atoms with Crippen LogP contribution >= 0.6 is 23.2 Å². The van der Waals surface area contributed by atoms with Crippen LogP contribution in [0.5, 0.6) is 5.75 Å². The van der Waals surface area contributed by atoms with E-state index in [0.29, 0.717) is 16.8 Å². The van der Waals surface area contributed by atoms with Crippen molar-refractivity contribution in [2.45, 2.75) is 6.04 Å². The van der Waals surface area contributed by atoms with Gasteiger partial charge in [0.15, 0.2) is 0 Å². The number of hydrogen-bond donors (Lipinski definition) is 2. The second kappa shape index (κ2) is 8.52. The van der Waals surface area contributed by atoms with Crippen molar-refractivity contribution in [1.82, 2.24) is 0 Å². The van der Waals surface area contributed by atoms with Crippen LogP contribution in [-0.4, -0.2) is 21.9 Å². The van der Waals surface area contributed by atoms with Crippen molar-refractivity contribution < 1.29 is 19.8 Å². The first-order valence-electron chi connectivity index (χ1n) is 10.4. The number of aliphatic hydroxyl groups is 1. The van der Waals surface area contributed by atoms with Crippen LogP contribution in [0.25, 0.3) is 16.5 Å². The molecule has 1 unspecified atom stereocenters. The van der Waals surface area contributed by atoms with Crippen LogP contribution < -0.4 is 4.90 Å². The number of amides is 1. The average molecular weight is 490 g/mol. The topological polar surface area (TPSA) is 77.8 Å². The fourth-order valence-corrected chi connectivity index (χ4v) is 4.88. The summed E-state index contributed by atoms with van der Waals surface area (Å²) in [5.41, 5.74) is 1.07. The monoisotopic (exact) mass is 489 g/mol. The summed E-state index contributed by atoms with van der Waals surface area (Å²) in [6.07, 6.45) is 0. The molecule has 0 aromatic heterocycles. The number of aromatic hydroxyl groups is 1. The van der Waals surface area contributed by atoms with E-state index in [-0.39, 0.29) is 27.1 Å². The molecular weight excluding hydrogens is 473 g/mol. The molecular formula is C27H17Cl2NO4. The molecule has 1 heterocycles. The molecule has 5 nitrogen and oxygen atoms in total. The molecule has 7 heteroatoms. The molecule has 0 saturated carbocycles. The molecule has 1 atom stereocenters. The maximum atomic E-state index is 13.3. The lowest BCUT2D eigenvalue weighted by Gasteiger charge is -2.26. The molecule has 2 N–H and O–H groups in total. The molecule has 1 aliphatic heterocycles. The molecule has 34 heavy (non-hydrogen) atoms. The van der Waals surface area contributed by atoms with Crippen LogP contribution in [0.2, 0.25) is 10.0 Å². The highest BCUT2D eigenvalue weighted by molar-refractivity contribution is 6.52. The van der Waals surface area contributed by atoms with Crippen molar-refractivity contribution in [1.29, 1.82) is 0 Å². The first-order chi connectivity index (χ1) is 16.3. The first-order valence-corrected chi connectivity index (χ1v) is 11.1. The fraction of sp³-hybridized carbons (Fsp3) is 0.0370. The summed E-state index contributed by atoms with van der Waals surface area (Å²) in [7, 11) is 0. The van der Waals surface area contributed by atoms with E-state index in [2.05, 4.69) is 0 Å². The van der Waals surface area contributed by atoms with Gasteiger partial charge in [-0.15, -0.1) is 0 Å². The quantitative estimate of drug-likeness (QED) is 0.196. The number of phenolic OH excluding ortho intramolecular Hbond substituents is 1. The molecule has 0 aliphatic carbocycles. The van der Waals surface area contributed by atoms with Crippen LogP contribution in [0.15, 0.2) is 90.5 Å². The number of fused-ring (bicyclic) bond motifs is 1. The number of ketones is 1. The lowest BCUT2D eigenvalue weighted by atomic mass is 9.93. The number of carbonyl (C=O) groups excluding carboxylic acids is 2. The van der Waals surface area contributed by atoms with E-state index in [1.54, 1.807) is 24.3 Å². The molecule has 1 aliphatic rings. The van der Waals surface area contributed by atoms with Crippen LogP contribution in [0.4, 0.5) is 5.69 Å². The van der Waals surface area contributed by atoms with Gasteiger partial charge in [0, 0.05) is 21.3 Å². The molecule has 168 valence electrons. The second-order valence-corrected chi connectivity index (χ2v) is 8.79. The Morgan fingerprint density at radius 2 is 1.50 bits per heavy atom. The normalized spacial score (nSPS) is 17.5. The van der Waals surface area contributed by atoms with Crippen LogP contribution in [-0.2, 0) is 9.59 Å². The minimum absolute atomic E-state index is 0.0441. The fourth-order valence-electron chi connectivity index (χ4n) is 4.36.